The molecule has 2 aliphatic rings. The molecule has 0 aliphatic carbocycles. The van der Waals surface area contributed by atoms with E-state index in [0.29, 0.717) is 12.3 Å². The lowest BCUT2D eigenvalue weighted by atomic mass is 10.2. The number of nitrogens with zero attached hydrogens (tertiary/aromatic N) is 1. The number of nitrogens with one attached hydrogen (secondary N) is 1. The summed E-state index contributed by atoms with van der Waals surface area (Å²) in [4.78, 5) is 2.39. The van der Waals surface area contributed by atoms with Crippen LogP contribution in [0.3, 0.4) is 0 Å². The first-order chi connectivity index (χ1) is 5.38. The normalized spacial score (nSPS) is 40.1. The molecule has 2 rings (SSSR count). The minimum Gasteiger partial charge on any atom is -0.360 e. The van der Waals surface area contributed by atoms with Crippen LogP contribution in [0.1, 0.15) is 12.8 Å². The van der Waals surface area contributed by atoms with Crippen LogP contribution in [-0.4, -0.2) is 43.9 Å². The van der Waals surface area contributed by atoms with Crippen molar-refractivity contribution in [3.05, 3.63) is 0 Å². The van der Waals surface area contributed by atoms with Crippen molar-refractivity contribution in [3.63, 3.8) is 0 Å². The monoisotopic (exact) mass is 156 g/mol. The second-order valence-electron chi connectivity index (χ2n) is 3.44. The first-order valence-electron chi connectivity index (χ1n) is 4.43. The number of likely N-dealkylation sites (tertiary alicyclic amines) is 1. The second kappa shape index (κ2) is 3.09. The summed E-state index contributed by atoms with van der Waals surface area (Å²) in [7, 11) is 2.18. The van der Waals surface area contributed by atoms with E-state index in [2.05, 4.69) is 17.3 Å². The van der Waals surface area contributed by atoms with Gasteiger partial charge in [-0.3, -0.25) is 10.2 Å². The Morgan fingerprint density at radius 2 is 2.45 bits per heavy atom. The van der Waals surface area contributed by atoms with Gasteiger partial charge in [0.25, 0.3) is 0 Å². The van der Waals surface area contributed by atoms with Gasteiger partial charge in [-0.25, -0.2) is 0 Å². The van der Waals surface area contributed by atoms with E-state index in [1.807, 2.05) is 0 Å². The molecule has 0 radical (unpaired) electrons. The number of rotatable bonds is 1. The minimum atomic E-state index is 0.308. The average Bonchev–Trinajstić information content (AvgIpc) is 2.55. The Bertz CT molecular complexity index is 134. The third-order valence-corrected chi connectivity index (χ3v) is 2.67. The quantitative estimate of drug-likeness (QED) is 0.579. The predicted octanol–water partition coefficient (Wildman–Crippen LogP) is 0.0265. The summed E-state index contributed by atoms with van der Waals surface area (Å²) < 4.78 is 5.55. The molecule has 3 nitrogen and oxygen atoms in total. The first kappa shape index (κ1) is 7.53. The summed E-state index contributed by atoms with van der Waals surface area (Å²) in [5.74, 6) is 0. The zero-order chi connectivity index (χ0) is 7.68. The average molecular weight is 156 g/mol. The minimum absolute atomic E-state index is 0.308. The van der Waals surface area contributed by atoms with Gasteiger partial charge < -0.3 is 4.74 Å². The Morgan fingerprint density at radius 3 is 3.00 bits per heavy atom. The third-order valence-electron chi connectivity index (χ3n) is 2.67. The standard InChI is InChI=1S/C8H16N2O/c1-10-5-2-3-7(10)8-9-4-6-11-8/h7-9H,2-6H2,1H3. The van der Waals surface area contributed by atoms with Crippen LogP contribution in [0.2, 0.25) is 0 Å². The Labute approximate surface area is 67.7 Å². The fourth-order valence-electron chi connectivity index (χ4n) is 2.01. The first-order valence-corrected chi connectivity index (χ1v) is 4.43. The molecule has 11 heavy (non-hydrogen) atoms. The number of hydrogen-bond donors (Lipinski definition) is 1. The summed E-state index contributed by atoms with van der Waals surface area (Å²) >= 11 is 0. The molecule has 0 spiro atoms. The van der Waals surface area contributed by atoms with Crippen molar-refractivity contribution >= 4 is 0 Å². The maximum absolute atomic E-state index is 5.55. The number of likely N-dealkylation sites (N-methyl/N-ethyl adjacent to an activating group) is 1. The van der Waals surface area contributed by atoms with Crippen molar-refractivity contribution < 1.29 is 4.74 Å². The van der Waals surface area contributed by atoms with Crippen LogP contribution in [0, 0.1) is 0 Å². The highest BCUT2D eigenvalue weighted by Crippen LogP contribution is 2.19. The van der Waals surface area contributed by atoms with Crippen LogP contribution in [0.5, 0.6) is 0 Å². The molecule has 0 aromatic rings. The molecule has 0 bridgehead atoms. The van der Waals surface area contributed by atoms with Gasteiger partial charge in [-0.05, 0) is 26.4 Å². The van der Waals surface area contributed by atoms with Gasteiger partial charge in [0.05, 0.1) is 6.61 Å². The van der Waals surface area contributed by atoms with Crippen LogP contribution in [0.15, 0.2) is 0 Å². The van der Waals surface area contributed by atoms with Crippen molar-refractivity contribution in [2.45, 2.75) is 25.1 Å². The molecule has 2 fully saturated rings. The van der Waals surface area contributed by atoms with Crippen molar-refractivity contribution in [1.29, 1.82) is 0 Å². The fraction of sp³-hybridized carbons (Fsp3) is 1.00. The molecule has 2 atom stereocenters. The Kier molecular flexibility index (Phi) is 2.11. The summed E-state index contributed by atoms with van der Waals surface area (Å²) in [6.07, 6.45) is 2.92. The van der Waals surface area contributed by atoms with E-state index in [-0.39, 0.29) is 0 Å². The van der Waals surface area contributed by atoms with Crippen LogP contribution in [0.4, 0.5) is 0 Å². The van der Waals surface area contributed by atoms with Crippen LogP contribution in [-0.2, 0) is 4.74 Å². The molecule has 0 aromatic heterocycles. The highest BCUT2D eigenvalue weighted by Gasteiger charge is 2.31. The van der Waals surface area contributed by atoms with E-state index < -0.39 is 0 Å². The van der Waals surface area contributed by atoms with Gasteiger partial charge in [0.1, 0.15) is 6.23 Å². The van der Waals surface area contributed by atoms with E-state index in [4.69, 9.17) is 4.74 Å². The van der Waals surface area contributed by atoms with Gasteiger partial charge in [-0.2, -0.15) is 0 Å². The predicted molar refractivity (Wildman–Crippen MR) is 43.4 cm³/mol. The third kappa shape index (κ3) is 1.41. The van der Waals surface area contributed by atoms with E-state index in [1.165, 1.54) is 19.4 Å². The van der Waals surface area contributed by atoms with Gasteiger partial charge in [0.2, 0.25) is 0 Å². The second-order valence-corrected chi connectivity index (χ2v) is 3.44. The molecule has 2 aliphatic heterocycles. The van der Waals surface area contributed by atoms with Gasteiger partial charge >= 0.3 is 0 Å². The summed E-state index contributed by atoms with van der Waals surface area (Å²) in [5, 5.41) is 3.37. The van der Waals surface area contributed by atoms with Crippen molar-refractivity contribution in [1.82, 2.24) is 10.2 Å². The van der Waals surface area contributed by atoms with Gasteiger partial charge in [-0.15, -0.1) is 0 Å². The van der Waals surface area contributed by atoms with E-state index >= 15 is 0 Å². The lowest BCUT2D eigenvalue weighted by Gasteiger charge is -2.24. The largest absolute Gasteiger partial charge is 0.360 e. The number of ether oxygens (including phenoxy) is 1. The lowest BCUT2D eigenvalue weighted by Crippen LogP contribution is -2.42. The summed E-state index contributed by atoms with van der Waals surface area (Å²) in [6, 6.07) is 0.623. The summed E-state index contributed by atoms with van der Waals surface area (Å²) in [5.41, 5.74) is 0. The van der Waals surface area contributed by atoms with Crippen LogP contribution >= 0.6 is 0 Å². The molecule has 3 heteroatoms. The molecule has 2 saturated heterocycles. The van der Waals surface area contributed by atoms with E-state index in [0.717, 1.165) is 13.2 Å². The Balaban J connectivity index is 1.92. The van der Waals surface area contributed by atoms with Crippen molar-refractivity contribution in [3.8, 4) is 0 Å². The molecule has 0 aromatic carbocycles. The van der Waals surface area contributed by atoms with E-state index in [9.17, 15) is 0 Å². The maximum Gasteiger partial charge on any atom is 0.123 e. The molecule has 64 valence electrons. The smallest absolute Gasteiger partial charge is 0.123 e. The Morgan fingerprint density at radius 1 is 1.55 bits per heavy atom. The van der Waals surface area contributed by atoms with Crippen molar-refractivity contribution in [2.75, 3.05) is 26.7 Å². The summed E-state index contributed by atoms with van der Waals surface area (Å²) in [6.45, 7) is 3.14. The lowest BCUT2D eigenvalue weighted by molar-refractivity contribution is 0.0399. The van der Waals surface area contributed by atoms with Crippen LogP contribution in [0.25, 0.3) is 0 Å². The Hall–Kier alpha value is -0.120. The van der Waals surface area contributed by atoms with Gasteiger partial charge in [0.15, 0.2) is 0 Å². The zero-order valence-electron chi connectivity index (χ0n) is 7.05. The molecular weight excluding hydrogens is 140 g/mol. The van der Waals surface area contributed by atoms with Crippen LogP contribution < -0.4 is 5.32 Å². The van der Waals surface area contributed by atoms with Gasteiger partial charge in [0, 0.05) is 12.6 Å². The molecule has 0 amide bonds. The molecule has 2 unspecified atom stereocenters. The maximum atomic E-state index is 5.55. The fourth-order valence-corrected chi connectivity index (χ4v) is 2.01. The highest BCUT2D eigenvalue weighted by atomic mass is 16.5. The van der Waals surface area contributed by atoms with Gasteiger partial charge in [-0.1, -0.05) is 0 Å². The molecule has 1 N–H and O–H groups in total. The molecular formula is C8H16N2O. The zero-order valence-corrected chi connectivity index (χ0v) is 7.05. The highest BCUT2D eigenvalue weighted by molar-refractivity contribution is 4.84. The topological polar surface area (TPSA) is 24.5 Å². The molecule has 2 heterocycles. The van der Waals surface area contributed by atoms with E-state index in [1.54, 1.807) is 0 Å². The SMILES string of the molecule is CN1CCCC1C1NCCO1. The number of hydrogen-bond acceptors (Lipinski definition) is 3. The molecule has 0 saturated carbocycles. The van der Waals surface area contributed by atoms with Crippen molar-refractivity contribution in [2.24, 2.45) is 0 Å².